The minimum atomic E-state index is 0.0843. The van der Waals surface area contributed by atoms with E-state index < -0.39 is 0 Å². The van der Waals surface area contributed by atoms with Crippen molar-refractivity contribution in [2.45, 2.75) is 43.6 Å². The molecule has 0 saturated carbocycles. The van der Waals surface area contributed by atoms with Crippen LogP contribution >= 0.6 is 23.1 Å². The molecule has 1 aliphatic rings. The van der Waals surface area contributed by atoms with E-state index in [-0.39, 0.29) is 12.0 Å². The molecule has 2 aromatic carbocycles. The van der Waals surface area contributed by atoms with Gasteiger partial charge in [0.05, 0.1) is 24.0 Å². The topological polar surface area (TPSA) is 51.7 Å². The zero-order valence-electron chi connectivity index (χ0n) is 17.8. The van der Waals surface area contributed by atoms with E-state index in [1.54, 1.807) is 23.1 Å². The average Bonchev–Trinajstić information content (AvgIpc) is 3.46. The SMILES string of the molecule is CCOc1cccc2sc(N(CC3CCCO3)C(=O)CCCSc3ccccc3)nc12. The number of ether oxygens (including phenoxy) is 2. The van der Waals surface area contributed by atoms with Crippen LogP contribution in [0.2, 0.25) is 0 Å². The third-order valence-corrected chi connectivity index (χ3v) is 7.30. The van der Waals surface area contributed by atoms with Gasteiger partial charge in [-0.2, -0.15) is 0 Å². The number of rotatable bonds is 10. The molecule has 1 amide bonds. The van der Waals surface area contributed by atoms with Gasteiger partial charge < -0.3 is 9.47 Å². The molecule has 0 bridgehead atoms. The zero-order chi connectivity index (χ0) is 21.5. The fraction of sp³-hybridized carbons (Fsp3) is 0.417. The molecule has 31 heavy (non-hydrogen) atoms. The van der Waals surface area contributed by atoms with Crippen LogP contribution in [0.5, 0.6) is 5.75 Å². The second-order valence-electron chi connectivity index (χ2n) is 7.44. The average molecular weight is 457 g/mol. The molecule has 7 heteroatoms. The Labute approximate surface area is 191 Å². The normalized spacial score (nSPS) is 16.0. The van der Waals surface area contributed by atoms with Crippen LogP contribution in [0.1, 0.15) is 32.6 Å². The number of nitrogens with zero attached hydrogens (tertiary/aromatic N) is 2. The quantitative estimate of drug-likeness (QED) is 0.286. The summed E-state index contributed by atoms with van der Waals surface area (Å²) in [6.07, 6.45) is 3.45. The zero-order valence-corrected chi connectivity index (χ0v) is 19.4. The molecule has 1 aliphatic heterocycles. The van der Waals surface area contributed by atoms with E-state index in [4.69, 9.17) is 14.5 Å². The number of hydrogen-bond acceptors (Lipinski definition) is 6. The second-order valence-corrected chi connectivity index (χ2v) is 9.61. The Morgan fingerprint density at radius 2 is 2.13 bits per heavy atom. The lowest BCUT2D eigenvalue weighted by atomic mass is 10.2. The van der Waals surface area contributed by atoms with Gasteiger partial charge in [-0.3, -0.25) is 9.69 Å². The lowest BCUT2D eigenvalue weighted by Crippen LogP contribution is -2.37. The van der Waals surface area contributed by atoms with E-state index in [9.17, 15) is 4.79 Å². The molecule has 3 aromatic rings. The van der Waals surface area contributed by atoms with Crippen molar-refractivity contribution in [2.75, 3.05) is 30.4 Å². The van der Waals surface area contributed by atoms with Crippen LogP contribution in [0.4, 0.5) is 5.13 Å². The molecule has 0 spiro atoms. The molecular weight excluding hydrogens is 428 g/mol. The summed E-state index contributed by atoms with van der Waals surface area (Å²) in [7, 11) is 0. The van der Waals surface area contributed by atoms with E-state index in [0.717, 1.165) is 52.7 Å². The lowest BCUT2D eigenvalue weighted by molar-refractivity contribution is -0.119. The van der Waals surface area contributed by atoms with Gasteiger partial charge in [0.15, 0.2) is 5.13 Å². The fourth-order valence-electron chi connectivity index (χ4n) is 3.64. The van der Waals surface area contributed by atoms with E-state index in [1.165, 1.54) is 4.90 Å². The number of benzene rings is 2. The standard InChI is InChI=1S/C24H28N2O3S2/c1-2-28-20-12-6-13-21-23(20)25-24(31-21)26(17-18-9-7-15-29-18)22(27)14-8-16-30-19-10-4-3-5-11-19/h3-6,10-13,18H,2,7-9,14-17H2,1H3. The maximum atomic E-state index is 13.2. The van der Waals surface area contributed by atoms with Crippen LogP contribution < -0.4 is 9.64 Å². The smallest absolute Gasteiger partial charge is 0.228 e. The molecule has 0 N–H and O–H groups in total. The van der Waals surface area contributed by atoms with Gasteiger partial charge in [-0.1, -0.05) is 35.6 Å². The first kappa shape index (κ1) is 22.1. The van der Waals surface area contributed by atoms with Gasteiger partial charge in [0.1, 0.15) is 11.3 Å². The number of aromatic nitrogens is 1. The van der Waals surface area contributed by atoms with Crippen LogP contribution in [0.15, 0.2) is 53.4 Å². The van der Waals surface area contributed by atoms with Crippen LogP contribution in [0.3, 0.4) is 0 Å². The molecule has 4 rings (SSSR count). The maximum Gasteiger partial charge on any atom is 0.228 e. The number of carbonyl (C=O) groups excluding carboxylic acids is 1. The monoisotopic (exact) mass is 456 g/mol. The van der Waals surface area contributed by atoms with Crippen molar-refractivity contribution in [3.63, 3.8) is 0 Å². The highest BCUT2D eigenvalue weighted by Gasteiger charge is 2.26. The van der Waals surface area contributed by atoms with Crippen LogP contribution in [-0.2, 0) is 9.53 Å². The van der Waals surface area contributed by atoms with Gasteiger partial charge in [-0.15, -0.1) is 11.8 Å². The summed E-state index contributed by atoms with van der Waals surface area (Å²) in [4.78, 5) is 21.1. The summed E-state index contributed by atoms with van der Waals surface area (Å²) in [5.41, 5.74) is 0.828. The number of hydrogen-bond donors (Lipinski definition) is 0. The minimum Gasteiger partial charge on any atom is -0.492 e. The molecule has 2 heterocycles. The lowest BCUT2D eigenvalue weighted by Gasteiger charge is -2.23. The van der Waals surface area contributed by atoms with Crippen molar-refractivity contribution < 1.29 is 14.3 Å². The van der Waals surface area contributed by atoms with Gasteiger partial charge in [-0.05, 0) is 56.2 Å². The van der Waals surface area contributed by atoms with Crippen molar-refractivity contribution in [2.24, 2.45) is 0 Å². The molecule has 1 aromatic heterocycles. The third-order valence-electron chi connectivity index (χ3n) is 5.16. The van der Waals surface area contributed by atoms with Gasteiger partial charge in [-0.25, -0.2) is 4.98 Å². The maximum absolute atomic E-state index is 13.2. The number of thioether (sulfide) groups is 1. The van der Waals surface area contributed by atoms with Crippen molar-refractivity contribution >= 4 is 44.4 Å². The molecule has 164 valence electrons. The first-order valence-corrected chi connectivity index (χ1v) is 12.7. The van der Waals surface area contributed by atoms with E-state index in [2.05, 4.69) is 12.1 Å². The summed E-state index contributed by atoms with van der Waals surface area (Å²) >= 11 is 3.34. The number of thiazole rings is 1. The molecular formula is C24H28N2O3S2. The van der Waals surface area contributed by atoms with Crippen LogP contribution in [-0.4, -0.2) is 42.5 Å². The summed E-state index contributed by atoms with van der Waals surface area (Å²) in [5.74, 6) is 1.80. The van der Waals surface area contributed by atoms with Crippen molar-refractivity contribution in [3.8, 4) is 5.75 Å². The predicted octanol–water partition coefficient (Wildman–Crippen LogP) is 5.78. The molecule has 1 unspecified atom stereocenters. The van der Waals surface area contributed by atoms with Crippen LogP contribution in [0, 0.1) is 0 Å². The highest BCUT2D eigenvalue weighted by Crippen LogP contribution is 2.35. The molecule has 5 nitrogen and oxygen atoms in total. The highest BCUT2D eigenvalue weighted by atomic mass is 32.2. The van der Waals surface area contributed by atoms with Gasteiger partial charge >= 0.3 is 0 Å². The number of fused-ring (bicyclic) bond motifs is 1. The molecule has 1 saturated heterocycles. The van der Waals surface area contributed by atoms with Crippen molar-refractivity contribution in [1.29, 1.82) is 0 Å². The second kappa shape index (κ2) is 11.0. The summed E-state index contributed by atoms with van der Waals surface area (Å²) in [6.45, 7) is 3.89. The predicted molar refractivity (Wildman–Crippen MR) is 129 cm³/mol. The first-order valence-electron chi connectivity index (χ1n) is 10.9. The number of carbonyl (C=O) groups is 1. The molecule has 0 radical (unpaired) electrons. The molecule has 1 fully saturated rings. The number of anilines is 1. The van der Waals surface area contributed by atoms with Crippen molar-refractivity contribution in [3.05, 3.63) is 48.5 Å². The molecule has 1 atom stereocenters. The Kier molecular flexibility index (Phi) is 7.83. The summed E-state index contributed by atoms with van der Waals surface area (Å²) in [5, 5.41) is 0.735. The Morgan fingerprint density at radius 1 is 1.26 bits per heavy atom. The summed E-state index contributed by atoms with van der Waals surface area (Å²) in [6, 6.07) is 16.3. The Bertz CT molecular complexity index is 987. The van der Waals surface area contributed by atoms with E-state index in [1.807, 2.05) is 48.2 Å². The first-order chi connectivity index (χ1) is 15.2. The van der Waals surface area contributed by atoms with Crippen molar-refractivity contribution in [1.82, 2.24) is 4.98 Å². The largest absolute Gasteiger partial charge is 0.492 e. The highest BCUT2D eigenvalue weighted by molar-refractivity contribution is 7.99. The summed E-state index contributed by atoms with van der Waals surface area (Å²) < 4.78 is 12.6. The third kappa shape index (κ3) is 5.79. The van der Waals surface area contributed by atoms with E-state index >= 15 is 0 Å². The fourth-order valence-corrected chi connectivity index (χ4v) is 5.53. The molecule has 0 aliphatic carbocycles. The Morgan fingerprint density at radius 3 is 2.90 bits per heavy atom. The van der Waals surface area contributed by atoms with Gasteiger partial charge in [0.2, 0.25) is 5.91 Å². The number of amides is 1. The van der Waals surface area contributed by atoms with E-state index in [0.29, 0.717) is 19.6 Å². The van der Waals surface area contributed by atoms with Gasteiger partial charge in [0, 0.05) is 17.9 Å². The minimum absolute atomic E-state index is 0.0843. The Balaban J connectivity index is 1.46. The van der Waals surface area contributed by atoms with Gasteiger partial charge in [0.25, 0.3) is 0 Å². The number of para-hydroxylation sites is 1. The van der Waals surface area contributed by atoms with Crippen LogP contribution in [0.25, 0.3) is 10.2 Å². The Hall–Kier alpha value is -2.09.